The maximum Gasteiger partial charge on any atom is 0.313 e. The van der Waals surface area contributed by atoms with E-state index in [-0.39, 0.29) is 18.7 Å². The van der Waals surface area contributed by atoms with Crippen LogP contribution in [-0.2, 0) is 9.53 Å². The average Bonchev–Trinajstić information content (AvgIpc) is 2.57. The molecule has 0 fully saturated rings. The van der Waals surface area contributed by atoms with Crippen molar-refractivity contribution in [1.29, 1.82) is 0 Å². The number of ether oxygens (including phenoxy) is 3. The Bertz CT molecular complexity index is 595. The van der Waals surface area contributed by atoms with Crippen LogP contribution in [0.1, 0.15) is 24.8 Å². The van der Waals surface area contributed by atoms with E-state index in [2.05, 4.69) is 0 Å². The topological polar surface area (TPSA) is 44.8 Å². The fourth-order valence-electron chi connectivity index (χ4n) is 2.23. The van der Waals surface area contributed by atoms with Gasteiger partial charge in [-0.1, -0.05) is 43.3 Å². The van der Waals surface area contributed by atoms with E-state index in [0.29, 0.717) is 12.2 Å². The van der Waals surface area contributed by atoms with Crippen LogP contribution in [0.5, 0.6) is 11.5 Å². The summed E-state index contributed by atoms with van der Waals surface area (Å²) in [5.41, 5.74) is 0.813. The van der Waals surface area contributed by atoms with E-state index in [1.807, 2.05) is 61.5 Å². The van der Waals surface area contributed by atoms with Gasteiger partial charge in [0, 0.05) is 5.56 Å². The summed E-state index contributed by atoms with van der Waals surface area (Å²) in [6.07, 6.45) is 0.645. The number of hydrogen-bond donors (Lipinski definition) is 0. The Balaban J connectivity index is 2.06. The highest BCUT2D eigenvalue weighted by atomic mass is 16.7. The Morgan fingerprint density at radius 2 is 1.68 bits per heavy atom. The highest BCUT2D eigenvalue weighted by molar-refractivity contribution is 5.79. The van der Waals surface area contributed by atoms with E-state index < -0.39 is 0 Å². The first-order valence-corrected chi connectivity index (χ1v) is 7.23. The smallest absolute Gasteiger partial charge is 0.313 e. The first-order chi connectivity index (χ1) is 10.8. The van der Waals surface area contributed by atoms with Crippen LogP contribution in [0.3, 0.4) is 0 Å². The van der Waals surface area contributed by atoms with Crippen LogP contribution in [0.15, 0.2) is 54.6 Å². The Morgan fingerprint density at radius 1 is 1.00 bits per heavy atom. The zero-order valence-electron chi connectivity index (χ0n) is 12.8. The number of carbonyl (C=O) groups is 1. The largest absolute Gasteiger partial charge is 0.469 e. The zero-order chi connectivity index (χ0) is 15.8. The maximum atomic E-state index is 11.9. The van der Waals surface area contributed by atoms with Crippen LogP contribution in [0.25, 0.3) is 0 Å². The average molecular weight is 300 g/mol. The monoisotopic (exact) mass is 300 g/mol. The number of esters is 1. The first kappa shape index (κ1) is 15.9. The third kappa shape index (κ3) is 4.01. The minimum Gasteiger partial charge on any atom is -0.469 e. The molecule has 0 aliphatic heterocycles. The van der Waals surface area contributed by atoms with Crippen LogP contribution < -0.4 is 9.47 Å². The number of benzene rings is 2. The van der Waals surface area contributed by atoms with Gasteiger partial charge in [-0.25, -0.2) is 0 Å². The highest BCUT2D eigenvalue weighted by Crippen LogP contribution is 2.30. The van der Waals surface area contributed by atoms with Crippen molar-refractivity contribution in [1.82, 2.24) is 0 Å². The maximum absolute atomic E-state index is 11.9. The van der Waals surface area contributed by atoms with Crippen molar-refractivity contribution in [3.63, 3.8) is 0 Å². The summed E-state index contributed by atoms with van der Waals surface area (Å²) in [6.45, 7) is 2.03. The summed E-state index contributed by atoms with van der Waals surface area (Å²) in [4.78, 5) is 11.9. The van der Waals surface area contributed by atoms with Crippen molar-refractivity contribution < 1.29 is 19.0 Å². The second kappa shape index (κ2) is 8.08. The molecule has 0 aromatic heterocycles. The Labute approximate surface area is 130 Å². The lowest BCUT2D eigenvalue weighted by molar-refractivity contribution is -0.142. The van der Waals surface area contributed by atoms with Crippen molar-refractivity contribution in [2.24, 2.45) is 0 Å². The number of methoxy groups -OCH3 is 1. The van der Waals surface area contributed by atoms with Gasteiger partial charge >= 0.3 is 5.97 Å². The summed E-state index contributed by atoms with van der Waals surface area (Å²) in [5.74, 6) is 0.774. The summed E-state index contributed by atoms with van der Waals surface area (Å²) < 4.78 is 16.1. The van der Waals surface area contributed by atoms with Gasteiger partial charge in [0.15, 0.2) is 0 Å². The fourth-order valence-corrected chi connectivity index (χ4v) is 2.23. The van der Waals surface area contributed by atoms with E-state index in [1.165, 1.54) is 7.11 Å². The molecule has 2 rings (SSSR count). The lowest BCUT2D eigenvalue weighted by atomic mass is 9.96. The molecule has 0 aliphatic rings. The summed E-state index contributed by atoms with van der Waals surface area (Å²) in [7, 11) is 1.40. The molecule has 1 atom stereocenters. The van der Waals surface area contributed by atoms with Crippen molar-refractivity contribution in [2.45, 2.75) is 19.3 Å². The van der Waals surface area contributed by atoms with Gasteiger partial charge in [-0.3, -0.25) is 4.79 Å². The molecule has 0 radical (unpaired) electrons. The van der Waals surface area contributed by atoms with Crippen molar-refractivity contribution >= 4 is 5.97 Å². The molecule has 0 spiro atoms. The molecule has 0 N–H and O–H groups in total. The molecule has 22 heavy (non-hydrogen) atoms. The Hall–Kier alpha value is -2.49. The van der Waals surface area contributed by atoms with Gasteiger partial charge in [0.2, 0.25) is 6.79 Å². The normalized spacial score (nSPS) is 11.5. The molecule has 2 aromatic rings. The molecule has 4 nitrogen and oxygen atoms in total. The SMILES string of the molecule is CCC(C(=O)OC)c1ccccc1OCOc1ccccc1. The van der Waals surface area contributed by atoms with Crippen LogP contribution >= 0.6 is 0 Å². The summed E-state index contributed by atoms with van der Waals surface area (Å²) >= 11 is 0. The predicted octanol–water partition coefficient (Wildman–Crippen LogP) is 3.77. The van der Waals surface area contributed by atoms with E-state index in [9.17, 15) is 4.79 Å². The van der Waals surface area contributed by atoms with Gasteiger partial charge in [-0.05, 0) is 24.6 Å². The molecule has 0 aliphatic carbocycles. The minimum absolute atomic E-state index is 0.0820. The van der Waals surface area contributed by atoms with Crippen molar-refractivity contribution in [2.75, 3.05) is 13.9 Å². The first-order valence-electron chi connectivity index (χ1n) is 7.23. The van der Waals surface area contributed by atoms with E-state index in [4.69, 9.17) is 14.2 Å². The number of rotatable bonds is 7. The fraction of sp³-hybridized carbons (Fsp3) is 0.278. The van der Waals surface area contributed by atoms with Gasteiger partial charge < -0.3 is 14.2 Å². The molecule has 0 bridgehead atoms. The van der Waals surface area contributed by atoms with Crippen LogP contribution in [0, 0.1) is 0 Å². The van der Waals surface area contributed by atoms with E-state index >= 15 is 0 Å². The second-order valence-corrected chi connectivity index (χ2v) is 4.74. The second-order valence-electron chi connectivity index (χ2n) is 4.74. The lowest BCUT2D eigenvalue weighted by Crippen LogP contribution is -2.15. The Morgan fingerprint density at radius 3 is 2.36 bits per heavy atom. The van der Waals surface area contributed by atoms with Gasteiger partial charge in [0.1, 0.15) is 11.5 Å². The standard InChI is InChI=1S/C18H20O4/c1-3-15(18(19)20-2)16-11-7-8-12-17(16)22-13-21-14-9-5-4-6-10-14/h4-12,15H,3,13H2,1-2H3. The van der Waals surface area contributed by atoms with E-state index in [0.717, 1.165) is 11.3 Å². The van der Waals surface area contributed by atoms with Gasteiger partial charge in [-0.15, -0.1) is 0 Å². The molecule has 0 heterocycles. The Kier molecular flexibility index (Phi) is 5.83. The molecule has 2 aromatic carbocycles. The number of para-hydroxylation sites is 2. The molecule has 4 heteroatoms. The lowest BCUT2D eigenvalue weighted by Gasteiger charge is -2.17. The summed E-state index contributed by atoms with van der Waals surface area (Å²) in [6, 6.07) is 16.9. The van der Waals surface area contributed by atoms with Crippen LogP contribution in [0.4, 0.5) is 0 Å². The summed E-state index contributed by atoms with van der Waals surface area (Å²) in [5, 5.41) is 0. The molecule has 0 saturated carbocycles. The minimum atomic E-state index is -0.335. The third-order valence-corrected chi connectivity index (χ3v) is 3.37. The zero-order valence-corrected chi connectivity index (χ0v) is 12.8. The number of hydrogen-bond acceptors (Lipinski definition) is 4. The molecular formula is C18H20O4. The quantitative estimate of drug-likeness (QED) is 0.577. The molecule has 1 unspecified atom stereocenters. The van der Waals surface area contributed by atoms with Gasteiger partial charge in [0.25, 0.3) is 0 Å². The molecular weight excluding hydrogens is 280 g/mol. The van der Waals surface area contributed by atoms with Crippen molar-refractivity contribution in [3.8, 4) is 11.5 Å². The molecule has 0 amide bonds. The predicted molar refractivity (Wildman–Crippen MR) is 84.1 cm³/mol. The van der Waals surface area contributed by atoms with Crippen LogP contribution in [-0.4, -0.2) is 19.9 Å². The third-order valence-electron chi connectivity index (χ3n) is 3.37. The highest BCUT2D eigenvalue weighted by Gasteiger charge is 2.22. The van der Waals surface area contributed by atoms with Crippen molar-refractivity contribution in [3.05, 3.63) is 60.2 Å². The molecule has 116 valence electrons. The van der Waals surface area contributed by atoms with Gasteiger partial charge in [-0.2, -0.15) is 0 Å². The number of carbonyl (C=O) groups excluding carboxylic acids is 1. The van der Waals surface area contributed by atoms with E-state index in [1.54, 1.807) is 0 Å². The van der Waals surface area contributed by atoms with Gasteiger partial charge in [0.05, 0.1) is 13.0 Å². The van der Waals surface area contributed by atoms with Crippen LogP contribution in [0.2, 0.25) is 0 Å². The molecule has 0 saturated heterocycles.